The van der Waals surface area contributed by atoms with Crippen molar-refractivity contribution in [3.8, 4) is 11.1 Å². The highest BCUT2D eigenvalue weighted by atomic mass is 16.5. The predicted octanol–water partition coefficient (Wildman–Crippen LogP) is 5.12. The number of hydrogen-bond donors (Lipinski definition) is 3. The van der Waals surface area contributed by atoms with Crippen molar-refractivity contribution >= 4 is 17.7 Å². The highest BCUT2D eigenvalue weighted by molar-refractivity contribution is 5.97. The number of pyridine rings is 1. The Kier molecular flexibility index (Phi) is 8.05. The third-order valence-corrected chi connectivity index (χ3v) is 5.62. The van der Waals surface area contributed by atoms with Gasteiger partial charge in [0.1, 0.15) is 12.6 Å². The average Bonchev–Trinajstić information content (AvgIpc) is 2.91. The second kappa shape index (κ2) is 11.8. The summed E-state index contributed by atoms with van der Waals surface area (Å²) in [5.41, 5.74) is 11.4. The molecule has 1 aromatic heterocycles. The molecule has 7 heteroatoms. The van der Waals surface area contributed by atoms with E-state index in [9.17, 15) is 9.59 Å². The van der Waals surface area contributed by atoms with Gasteiger partial charge < -0.3 is 21.1 Å². The number of aryl methyl sites for hydroxylation is 1. The van der Waals surface area contributed by atoms with Crippen LogP contribution in [0, 0.1) is 6.92 Å². The molecule has 2 amide bonds. The van der Waals surface area contributed by atoms with Crippen LogP contribution in [0.5, 0.6) is 0 Å². The number of ether oxygens (including phenoxy) is 1. The minimum absolute atomic E-state index is 0.0931. The normalized spacial score (nSPS) is 11.4. The van der Waals surface area contributed by atoms with Crippen molar-refractivity contribution in [1.82, 2.24) is 10.3 Å². The smallest absolute Gasteiger partial charge is 0.408 e. The fraction of sp³-hybridized carbons (Fsp3) is 0.138. The Hall–Kier alpha value is -4.49. The van der Waals surface area contributed by atoms with E-state index in [1.807, 2.05) is 79.7 Å². The Morgan fingerprint density at radius 2 is 1.64 bits per heavy atom. The maximum Gasteiger partial charge on any atom is 0.408 e. The molecule has 1 atom stereocenters. The third kappa shape index (κ3) is 6.55. The van der Waals surface area contributed by atoms with Gasteiger partial charge in [0.2, 0.25) is 0 Å². The van der Waals surface area contributed by atoms with E-state index in [2.05, 4.69) is 15.6 Å². The number of carbonyl (C=O) groups excluding carboxylic acids is 2. The molecule has 0 aliphatic rings. The van der Waals surface area contributed by atoms with Gasteiger partial charge in [-0.2, -0.15) is 0 Å². The monoisotopic (exact) mass is 480 g/mol. The summed E-state index contributed by atoms with van der Waals surface area (Å²) in [6.07, 6.45) is 1.05. The molecule has 0 spiro atoms. The quantitative estimate of drug-likeness (QED) is 0.324. The molecule has 4 rings (SSSR count). The minimum Gasteiger partial charge on any atom is -0.445 e. The summed E-state index contributed by atoms with van der Waals surface area (Å²) in [6, 6.07) is 27.0. The second-order valence-corrected chi connectivity index (χ2v) is 8.34. The number of rotatable bonds is 8. The number of benzene rings is 3. The maximum absolute atomic E-state index is 13.4. The summed E-state index contributed by atoms with van der Waals surface area (Å²) >= 11 is 0. The van der Waals surface area contributed by atoms with E-state index in [1.165, 1.54) is 0 Å². The Labute approximate surface area is 210 Å². The lowest BCUT2D eigenvalue weighted by atomic mass is 9.99. The van der Waals surface area contributed by atoms with Crippen LogP contribution >= 0.6 is 0 Å². The standard InChI is InChI=1S/C29H28N4O3/c1-20-15-24(13-14-31-20)23-10-6-11-25(17-23)27(28(34)32-26-12-5-9-22(16-26)18-30)33-29(35)36-19-21-7-3-2-4-8-21/h2-17,27H,18-19,30H2,1H3,(H,32,34)(H,33,35)/t27-/m1/s1. The van der Waals surface area contributed by atoms with Crippen LogP contribution in [-0.4, -0.2) is 17.0 Å². The van der Waals surface area contributed by atoms with Gasteiger partial charge in [-0.25, -0.2) is 4.79 Å². The molecule has 4 N–H and O–H groups in total. The van der Waals surface area contributed by atoms with E-state index in [-0.39, 0.29) is 6.61 Å². The molecule has 7 nitrogen and oxygen atoms in total. The second-order valence-electron chi connectivity index (χ2n) is 8.34. The summed E-state index contributed by atoms with van der Waals surface area (Å²) < 4.78 is 5.39. The molecule has 0 unspecified atom stereocenters. The van der Waals surface area contributed by atoms with Gasteiger partial charge in [0.05, 0.1) is 0 Å². The minimum atomic E-state index is -0.988. The first-order valence-electron chi connectivity index (χ1n) is 11.6. The van der Waals surface area contributed by atoms with Crippen molar-refractivity contribution in [2.75, 3.05) is 5.32 Å². The Balaban J connectivity index is 1.59. The predicted molar refractivity (Wildman–Crippen MR) is 140 cm³/mol. The first kappa shape index (κ1) is 24.6. The zero-order chi connectivity index (χ0) is 25.3. The summed E-state index contributed by atoms with van der Waals surface area (Å²) in [4.78, 5) is 30.4. The zero-order valence-electron chi connectivity index (χ0n) is 20.0. The van der Waals surface area contributed by atoms with Crippen molar-refractivity contribution in [2.45, 2.75) is 26.1 Å². The summed E-state index contributed by atoms with van der Waals surface area (Å²) in [6.45, 7) is 2.36. The van der Waals surface area contributed by atoms with Crippen LogP contribution in [-0.2, 0) is 22.7 Å². The van der Waals surface area contributed by atoms with Crippen LogP contribution < -0.4 is 16.4 Å². The van der Waals surface area contributed by atoms with Gasteiger partial charge in [-0.3, -0.25) is 9.78 Å². The average molecular weight is 481 g/mol. The van der Waals surface area contributed by atoms with Crippen molar-refractivity contribution in [2.24, 2.45) is 5.73 Å². The highest BCUT2D eigenvalue weighted by Crippen LogP contribution is 2.25. The van der Waals surface area contributed by atoms with Crippen molar-refractivity contribution in [3.63, 3.8) is 0 Å². The molecule has 182 valence electrons. The molecule has 0 aliphatic carbocycles. The lowest BCUT2D eigenvalue weighted by Gasteiger charge is -2.20. The van der Waals surface area contributed by atoms with E-state index in [0.717, 1.165) is 27.9 Å². The summed E-state index contributed by atoms with van der Waals surface area (Å²) in [5, 5.41) is 5.62. The number of nitrogens with zero attached hydrogens (tertiary/aromatic N) is 1. The van der Waals surface area contributed by atoms with Crippen LogP contribution in [0.15, 0.2) is 97.2 Å². The zero-order valence-corrected chi connectivity index (χ0v) is 20.0. The lowest BCUT2D eigenvalue weighted by molar-refractivity contribution is -0.118. The SMILES string of the molecule is Cc1cc(-c2cccc([C@@H](NC(=O)OCc3ccccc3)C(=O)Nc3cccc(CN)c3)c2)ccn1. The molecule has 0 fully saturated rings. The van der Waals surface area contributed by atoms with Gasteiger partial charge in [0, 0.05) is 24.1 Å². The van der Waals surface area contributed by atoms with Crippen molar-refractivity contribution in [1.29, 1.82) is 0 Å². The highest BCUT2D eigenvalue weighted by Gasteiger charge is 2.24. The van der Waals surface area contributed by atoms with Crippen LogP contribution in [0.3, 0.4) is 0 Å². The molecule has 4 aromatic rings. The van der Waals surface area contributed by atoms with E-state index in [0.29, 0.717) is 17.8 Å². The number of carbonyl (C=O) groups is 2. The van der Waals surface area contributed by atoms with Crippen LogP contribution in [0.4, 0.5) is 10.5 Å². The molecular weight excluding hydrogens is 452 g/mol. The molecule has 0 saturated carbocycles. The molecule has 0 aliphatic heterocycles. The Morgan fingerprint density at radius 1 is 0.889 bits per heavy atom. The van der Waals surface area contributed by atoms with Crippen LogP contribution in [0.2, 0.25) is 0 Å². The van der Waals surface area contributed by atoms with Gasteiger partial charge in [0.15, 0.2) is 0 Å². The van der Waals surface area contributed by atoms with Gasteiger partial charge in [0.25, 0.3) is 5.91 Å². The molecule has 36 heavy (non-hydrogen) atoms. The number of aromatic nitrogens is 1. The first-order valence-corrected chi connectivity index (χ1v) is 11.6. The topological polar surface area (TPSA) is 106 Å². The number of hydrogen-bond acceptors (Lipinski definition) is 5. The first-order chi connectivity index (χ1) is 17.5. The third-order valence-electron chi connectivity index (χ3n) is 5.62. The number of nitrogens with one attached hydrogen (secondary N) is 2. The number of alkyl carbamates (subject to hydrolysis) is 1. The van der Waals surface area contributed by atoms with E-state index < -0.39 is 18.0 Å². The molecule has 0 bridgehead atoms. The summed E-state index contributed by atoms with van der Waals surface area (Å²) in [7, 11) is 0. The Morgan fingerprint density at radius 3 is 2.42 bits per heavy atom. The molecule has 0 radical (unpaired) electrons. The van der Waals surface area contributed by atoms with Gasteiger partial charge >= 0.3 is 6.09 Å². The van der Waals surface area contributed by atoms with E-state index >= 15 is 0 Å². The van der Waals surface area contributed by atoms with Crippen molar-refractivity contribution in [3.05, 3.63) is 120 Å². The molecular formula is C29H28N4O3. The Bertz CT molecular complexity index is 1340. The molecule has 0 saturated heterocycles. The van der Waals surface area contributed by atoms with Crippen LogP contribution in [0.1, 0.15) is 28.4 Å². The van der Waals surface area contributed by atoms with Crippen LogP contribution in [0.25, 0.3) is 11.1 Å². The maximum atomic E-state index is 13.4. The lowest BCUT2D eigenvalue weighted by Crippen LogP contribution is -2.37. The van der Waals surface area contributed by atoms with Crippen molar-refractivity contribution < 1.29 is 14.3 Å². The number of anilines is 1. The van der Waals surface area contributed by atoms with E-state index in [1.54, 1.807) is 24.4 Å². The van der Waals surface area contributed by atoms with Gasteiger partial charge in [-0.05, 0) is 65.1 Å². The van der Waals surface area contributed by atoms with Gasteiger partial charge in [-0.15, -0.1) is 0 Å². The van der Waals surface area contributed by atoms with Gasteiger partial charge in [-0.1, -0.05) is 60.7 Å². The summed E-state index contributed by atoms with van der Waals surface area (Å²) in [5.74, 6) is -0.399. The fourth-order valence-electron chi connectivity index (χ4n) is 3.80. The number of amides is 2. The number of nitrogens with two attached hydrogens (primary N) is 1. The molecule has 3 aromatic carbocycles. The largest absolute Gasteiger partial charge is 0.445 e. The molecule has 1 heterocycles. The fourth-order valence-corrected chi connectivity index (χ4v) is 3.80. The van der Waals surface area contributed by atoms with E-state index in [4.69, 9.17) is 10.5 Å².